The maximum atomic E-state index is 13.0. The average molecular weight is 1160 g/mol. The smallest absolute Gasteiger partial charge is 0.306 e. The van der Waals surface area contributed by atoms with Gasteiger partial charge in [-0.2, -0.15) is 0 Å². The summed E-state index contributed by atoms with van der Waals surface area (Å²) in [6, 6.07) is 0. The van der Waals surface area contributed by atoms with Crippen LogP contribution in [0.15, 0.2) is 60.8 Å². The average Bonchev–Trinajstić information content (AvgIpc) is 3.50. The molecule has 0 radical (unpaired) electrons. The number of rotatable bonds is 68. The molecule has 1 atom stereocenters. The predicted octanol–water partition coefficient (Wildman–Crippen LogP) is 25.5. The van der Waals surface area contributed by atoms with Crippen LogP contribution in [0.4, 0.5) is 0 Å². The summed E-state index contributed by atoms with van der Waals surface area (Å²) < 4.78 is 17.0. The van der Waals surface area contributed by atoms with Gasteiger partial charge in [0.15, 0.2) is 6.10 Å². The Morgan fingerprint density at radius 3 is 0.687 bits per heavy atom. The number of hydrogen-bond acceptors (Lipinski definition) is 6. The van der Waals surface area contributed by atoms with Crippen LogP contribution >= 0.6 is 0 Å². The van der Waals surface area contributed by atoms with E-state index in [2.05, 4.69) is 81.5 Å². The molecule has 0 fully saturated rings. The molecular formula is C77H140O6. The molecule has 83 heavy (non-hydrogen) atoms. The molecule has 0 spiro atoms. The lowest BCUT2D eigenvalue weighted by molar-refractivity contribution is -0.167. The van der Waals surface area contributed by atoms with E-state index < -0.39 is 6.10 Å². The minimum absolute atomic E-state index is 0.0736. The van der Waals surface area contributed by atoms with Crippen molar-refractivity contribution in [1.29, 1.82) is 0 Å². The molecule has 0 aromatic rings. The van der Waals surface area contributed by atoms with Gasteiger partial charge in [-0.3, -0.25) is 14.4 Å². The Morgan fingerprint density at radius 2 is 0.434 bits per heavy atom. The fourth-order valence-electron chi connectivity index (χ4n) is 11.0. The summed E-state index contributed by atoms with van der Waals surface area (Å²) in [4.78, 5) is 38.5. The topological polar surface area (TPSA) is 78.9 Å². The molecule has 6 heteroatoms. The molecule has 0 saturated carbocycles. The molecule has 0 aliphatic rings. The first-order chi connectivity index (χ1) is 41.0. The van der Waals surface area contributed by atoms with Gasteiger partial charge < -0.3 is 14.2 Å². The van der Waals surface area contributed by atoms with Gasteiger partial charge in [0.05, 0.1) is 0 Å². The zero-order valence-electron chi connectivity index (χ0n) is 55.7. The summed E-state index contributed by atoms with van der Waals surface area (Å²) in [5.74, 6) is -0.855. The Morgan fingerprint density at radius 1 is 0.241 bits per heavy atom. The van der Waals surface area contributed by atoms with Crippen LogP contribution in [-0.4, -0.2) is 37.2 Å². The van der Waals surface area contributed by atoms with Gasteiger partial charge in [-0.1, -0.05) is 345 Å². The summed E-state index contributed by atoms with van der Waals surface area (Å²) in [6.07, 6.45) is 92.5. The van der Waals surface area contributed by atoms with E-state index in [1.807, 2.05) is 0 Å². The van der Waals surface area contributed by atoms with Gasteiger partial charge in [0.25, 0.3) is 0 Å². The normalized spacial score (nSPS) is 12.4. The molecule has 0 heterocycles. The number of carbonyl (C=O) groups excluding carboxylic acids is 3. The van der Waals surface area contributed by atoms with E-state index in [1.165, 1.54) is 270 Å². The van der Waals surface area contributed by atoms with Gasteiger partial charge in [-0.05, 0) is 89.9 Å². The van der Waals surface area contributed by atoms with Crippen molar-refractivity contribution in [2.45, 2.75) is 399 Å². The Balaban J connectivity index is 4.31. The third kappa shape index (κ3) is 69.8. The predicted molar refractivity (Wildman–Crippen MR) is 362 cm³/mol. The SMILES string of the molecule is CCCCCC/C=C\C/C=C\CCCCCCCCCC(=O)OCC(COC(=O)CCCCCCCCCCCCCC/C=C\C/C=C\C/C=C\CCCCCCC)OC(=O)CCCCCCCCCCCCCCCCCCCCCC. The van der Waals surface area contributed by atoms with Crippen molar-refractivity contribution in [3.63, 3.8) is 0 Å². The van der Waals surface area contributed by atoms with Crippen LogP contribution in [0.1, 0.15) is 393 Å². The molecule has 6 nitrogen and oxygen atoms in total. The second-order valence-electron chi connectivity index (χ2n) is 24.9. The van der Waals surface area contributed by atoms with Gasteiger partial charge in [0.1, 0.15) is 13.2 Å². The number of ether oxygens (including phenoxy) is 3. The summed E-state index contributed by atoms with van der Waals surface area (Å²) in [5.41, 5.74) is 0. The summed E-state index contributed by atoms with van der Waals surface area (Å²) in [6.45, 7) is 6.68. The van der Waals surface area contributed by atoms with Crippen LogP contribution in [0.3, 0.4) is 0 Å². The molecule has 0 aliphatic heterocycles. The summed E-state index contributed by atoms with van der Waals surface area (Å²) >= 11 is 0. The number of carbonyl (C=O) groups is 3. The van der Waals surface area contributed by atoms with Crippen molar-refractivity contribution in [2.75, 3.05) is 13.2 Å². The molecule has 0 rings (SSSR count). The highest BCUT2D eigenvalue weighted by Crippen LogP contribution is 2.18. The first-order valence-corrected chi connectivity index (χ1v) is 36.8. The Bertz CT molecular complexity index is 1470. The number of unbranched alkanes of at least 4 members (excludes halogenated alkanes) is 47. The fourth-order valence-corrected chi connectivity index (χ4v) is 11.0. The van der Waals surface area contributed by atoms with Crippen LogP contribution < -0.4 is 0 Å². The number of esters is 3. The lowest BCUT2D eigenvalue weighted by Gasteiger charge is -2.18. The van der Waals surface area contributed by atoms with Crippen molar-refractivity contribution in [3.05, 3.63) is 60.8 Å². The van der Waals surface area contributed by atoms with Gasteiger partial charge >= 0.3 is 17.9 Å². The van der Waals surface area contributed by atoms with E-state index in [4.69, 9.17) is 14.2 Å². The quantitative estimate of drug-likeness (QED) is 0.0261. The fraction of sp³-hybridized carbons (Fsp3) is 0.831. The minimum atomic E-state index is -0.778. The van der Waals surface area contributed by atoms with Crippen molar-refractivity contribution >= 4 is 17.9 Å². The minimum Gasteiger partial charge on any atom is -0.462 e. The van der Waals surface area contributed by atoms with Gasteiger partial charge in [-0.25, -0.2) is 0 Å². The first-order valence-electron chi connectivity index (χ1n) is 36.8. The summed E-state index contributed by atoms with van der Waals surface area (Å²) in [7, 11) is 0. The second-order valence-corrected chi connectivity index (χ2v) is 24.9. The highest BCUT2D eigenvalue weighted by atomic mass is 16.6. The highest BCUT2D eigenvalue weighted by molar-refractivity contribution is 5.71. The highest BCUT2D eigenvalue weighted by Gasteiger charge is 2.19. The molecule has 0 saturated heterocycles. The monoisotopic (exact) mass is 1160 g/mol. The van der Waals surface area contributed by atoms with E-state index in [0.717, 1.165) is 83.5 Å². The van der Waals surface area contributed by atoms with Crippen molar-refractivity contribution < 1.29 is 28.6 Å². The van der Waals surface area contributed by atoms with Crippen LogP contribution in [-0.2, 0) is 28.6 Å². The summed E-state index contributed by atoms with van der Waals surface area (Å²) in [5, 5.41) is 0. The number of allylic oxidation sites excluding steroid dienone is 10. The zero-order valence-corrected chi connectivity index (χ0v) is 55.7. The van der Waals surface area contributed by atoms with E-state index in [-0.39, 0.29) is 31.1 Å². The van der Waals surface area contributed by atoms with Gasteiger partial charge in [0.2, 0.25) is 0 Å². The molecule has 0 aromatic carbocycles. The molecule has 0 bridgehead atoms. The van der Waals surface area contributed by atoms with E-state index in [9.17, 15) is 14.4 Å². The van der Waals surface area contributed by atoms with E-state index >= 15 is 0 Å². The largest absolute Gasteiger partial charge is 0.462 e. The Labute approximate surface area is 517 Å². The van der Waals surface area contributed by atoms with E-state index in [0.29, 0.717) is 19.3 Å². The lowest BCUT2D eigenvalue weighted by Crippen LogP contribution is -2.30. The van der Waals surface area contributed by atoms with Crippen molar-refractivity contribution in [1.82, 2.24) is 0 Å². The Hall–Kier alpha value is -2.89. The molecule has 0 aliphatic carbocycles. The van der Waals surface area contributed by atoms with Gasteiger partial charge in [0, 0.05) is 19.3 Å². The molecule has 1 unspecified atom stereocenters. The third-order valence-electron chi connectivity index (χ3n) is 16.5. The van der Waals surface area contributed by atoms with Crippen molar-refractivity contribution in [2.24, 2.45) is 0 Å². The van der Waals surface area contributed by atoms with Crippen molar-refractivity contribution in [3.8, 4) is 0 Å². The molecule has 484 valence electrons. The Kier molecular flexibility index (Phi) is 69.1. The van der Waals surface area contributed by atoms with Crippen LogP contribution in [0.5, 0.6) is 0 Å². The molecule has 0 N–H and O–H groups in total. The molecular weight excluding hydrogens is 1020 g/mol. The van der Waals surface area contributed by atoms with Crippen LogP contribution in [0, 0.1) is 0 Å². The maximum Gasteiger partial charge on any atom is 0.306 e. The second kappa shape index (κ2) is 71.6. The molecule has 0 aromatic heterocycles. The number of hydrogen-bond donors (Lipinski definition) is 0. The van der Waals surface area contributed by atoms with Crippen LogP contribution in [0.2, 0.25) is 0 Å². The first kappa shape index (κ1) is 80.1. The molecule has 0 amide bonds. The van der Waals surface area contributed by atoms with Crippen LogP contribution in [0.25, 0.3) is 0 Å². The van der Waals surface area contributed by atoms with Gasteiger partial charge in [-0.15, -0.1) is 0 Å². The van der Waals surface area contributed by atoms with E-state index in [1.54, 1.807) is 0 Å². The third-order valence-corrected chi connectivity index (χ3v) is 16.5. The maximum absolute atomic E-state index is 13.0. The zero-order chi connectivity index (χ0) is 59.9. The standard InChI is InChI=1S/C77H140O6/c1-4-7-10-13-16-19-22-25-28-31-34-36-37-38-39-40-41-42-44-46-49-52-55-58-61-64-67-70-76(79)82-73-74(72-81-75(78)69-66-63-60-57-54-51-48-45-33-30-27-24-21-18-15-12-9-6-3)83-77(80)71-68-65-62-59-56-53-50-47-43-35-32-29-26-23-20-17-14-11-8-5-2/h21-22,24-25,30-31,33-34,37-38,74H,4-20,23,26-29,32,35-36,39-73H2,1-3H3/b24-21-,25-22-,33-30-,34-31-,38-37-. The lowest BCUT2D eigenvalue weighted by atomic mass is 10.0.